The van der Waals surface area contributed by atoms with Crippen molar-refractivity contribution in [1.82, 2.24) is 0 Å². The van der Waals surface area contributed by atoms with E-state index in [1.54, 1.807) is 0 Å². The van der Waals surface area contributed by atoms with E-state index in [0.717, 1.165) is 0 Å². The van der Waals surface area contributed by atoms with Gasteiger partial charge in [0.1, 0.15) is 11.6 Å². The van der Waals surface area contributed by atoms with Crippen LogP contribution in [0.1, 0.15) is 12.5 Å². The molecule has 0 atom stereocenters. The standard InChI is InChI=1S/C10H9FO2/c1-7(13-8(2)12)9-3-5-10(11)6-4-9/h3-6H,1H2,2H3. The van der Waals surface area contributed by atoms with Crippen LogP contribution < -0.4 is 0 Å². The fraction of sp³-hybridized carbons (Fsp3) is 0.100. The van der Waals surface area contributed by atoms with E-state index in [2.05, 4.69) is 6.58 Å². The normalized spacial score (nSPS) is 9.38. The second-order valence-corrected chi connectivity index (χ2v) is 2.52. The van der Waals surface area contributed by atoms with Gasteiger partial charge in [-0.25, -0.2) is 4.39 Å². The van der Waals surface area contributed by atoms with Gasteiger partial charge in [-0.05, 0) is 24.3 Å². The molecule has 68 valence electrons. The van der Waals surface area contributed by atoms with Crippen LogP contribution in [-0.2, 0) is 9.53 Å². The molecule has 0 spiro atoms. The quantitative estimate of drug-likeness (QED) is 0.516. The van der Waals surface area contributed by atoms with Crippen LogP contribution in [0, 0.1) is 5.82 Å². The Labute approximate surface area is 75.6 Å². The first kappa shape index (κ1) is 9.45. The zero-order valence-corrected chi connectivity index (χ0v) is 7.21. The summed E-state index contributed by atoms with van der Waals surface area (Å²) in [4.78, 5) is 10.5. The fourth-order valence-corrected chi connectivity index (χ4v) is 0.868. The predicted octanol–water partition coefficient (Wildman–Crippen LogP) is 2.36. The third kappa shape index (κ3) is 2.71. The van der Waals surface area contributed by atoms with Crippen LogP contribution in [0.2, 0.25) is 0 Å². The van der Waals surface area contributed by atoms with Crippen molar-refractivity contribution in [2.24, 2.45) is 0 Å². The summed E-state index contributed by atoms with van der Waals surface area (Å²) in [6, 6.07) is 5.56. The molecule has 13 heavy (non-hydrogen) atoms. The van der Waals surface area contributed by atoms with Gasteiger partial charge in [0.15, 0.2) is 0 Å². The highest BCUT2D eigenvalue weighted by Crippen LogP contribution is 2.13. The van der Waals surface area contributed by atoms with E-state index in [1.807, 2.05) is 0 Å². The molecule has 0 bridgehead atoms. The summed E-state index contributed by atoms with van der Waals surface area (Å²) in [7, 11) is 0. The molecule has 0 saturated carbocycles. The summed E-state index contributed by atoms with van der Waals surface area (Å²) in [5.74, 6) is -0.541. The van der Waals surface area contributed by atoms with Gasteiger partial charge in [-0.3, -0.25) is 4.79 Å². The van der Waals surface area contributed by atoms with Gasteiger partial charge in [0.25, 0.3) is 0 Å². The maximum atomic E-state index is 12.5. The molecule has 0 aliphatic heterocycles. The van der Waals surface area contributed by atoms with Crippen molar-refractivity contribution in [3.05, 3.63) is 42.2 Å². The Morgan fingerprint density at radius 3 is 2.38 bits per heavy atom. The summed E-state index contributed by atoms with van der Waals surface area (Å²) in [5, 5.41) is 0. The Kier molecular flexibility index (Phi) is 2.80. The van der Waals surface area contributed by atoms with Gasteiger partial charge in [-0.1, -0.05) is 6.58 Å². The Hall–Kier alpha value is -1.64. The average Bonchev–Trinajstić information content (AvgIpc) is 2.04. The Morgan fingerprint density at radius 1 is 1.38 bits per heavy atom. The highest BCUT2D eigenvalue weighted by atomic mass is 19.1. The minimum absolute atomic E-state index is 0.229. The molecular weight excluding hydrogens is 171 g/mol. The van der Waals surface area contributed by atoms with E-state index in [-0.39, 0.29) is 11.6 Å². The number of carbonyl (C=O) groups excluding carboxylic acids is 1. The molecule has 0 N–H and O–H groups in total. The molecule has 0 saturated heterocycles. The van der Waals surface area contributed by atoms with Crippen LogP contribution >= 0.6 is 0 Å². The number of benzene rings is 1. The molecule has 1 aromatic rings. The minimum Gasteiger partial charge on any atom is -0.427 e. The molecule has 0 heterocycles. The lowest BCUT2D eigenvalue weighted by molar-refractivity contribution is -0.134. The highest BCUT2D eigenvalue weighted by Gasteiger charge is 2.02. The zero-order valence-electron chi connectivity index (χ0n) is 7.21. The van der Waals surface area contributed by atoms with Gasteiger partial charge in [0.05, 0.1) is 0 Å². The average molecular weight is 180 g/mol. The molecule has 0 aliphatic rings. The summed E-state index contributed by atoms with van der Waals surface area (Å²) in [6.45, 7) is 4.82. The monoisotopic (exact) mass is 180 g/mol. The van der Waals surface area contributed by atoms with Crippen LogP contribution in [0.4, 0.5) is 4.39 Å². The van der Waals surface area contributed by atoms with Crippen molar-refractivity contribution in [3.63, 3.8) is 0 Å². The second-order valence-electron chi connectivity index (χ2n) is 2.52. The molecule has 0 aromatic heterocycles. The van der Waals surface area contributed by atoms with Crippen LogP contribution in [0.15, 0.2) is 30.8 Å². The number of hydrogen-bond acceptors (Lipinski definition) is 2. The fourth-order valence-electron chi connectivity index (χ4n) is 0.868. The van der Waals surface area contributed by atoms with Gasteiger partial charge < -0.3 is 4.74 Å². The van der Waals surface area contributed by atoms with E-state index >= 15 is 0 Å². The number of ether oxygens (including phenoxy) is 1. The number of halogens is 1. The summed E-state index contributed by atoms with van der Waals surface area (Å²) in [5.41, 5.74) is 0.594. The summed E-state index contributed by atoms with van der Waals surface area (Å²) < 4.78 is 17.2. The Balaban J connectivity index is 2.78. The summed E-state index contributed by atoms with van der Waals surface area (Å²) >= 11 is 0. The van der Waals surface area contributed by atoms with Crippen molar-refractivity contribution in [2.45, 2.75) is 6.92 Å². The molecule has 0 aliphatic carbocycles. The predicted molar refractivity (Wildman–Crippen MR) is 47.2 cm³/mol. The molecular formula is C10H9FO2. The van der Waals surface area contributed by atoms with Gasteiger partial charge in [-0.15, -0.1) is 0 Å². The molecule has 0 amide bonds. The number of hydrogen-bond donors (Lipinski definition) is 0. The highest BCUT2D eigenvalue weighted by molar-refractivity contribution is 5.75. The minimum atomic E-state index is -0.436. The van der Waals surface area contributed by atoms with Crippen molar-refractivity contribution < 1.29 is 13.9 Å². The maximum Gasteiger partial charge on any atom is 0.308 e. The van der Waals surface area contributed by atoms with E-state index < -0.39 is 5.97 Å². The lowest BCUT2D eigenvalue weighted by Gasteiger charge is -2.04. The lowest BCUT2D eigenvalue weighted by Crippen LogP contribution is -1.96. The maximum absolute atomic E-state index is 12.5. The van der Waals surface area contributed by atoms with Crippen molar-refractivity contribution in [3.8, 4) is 0 Å². The zero-order chi connectivity index (χ0) is 9.84. The SMILES string of the molecule is C=C(OC(C)=O)c1ccc(F)cc1. The van der Waals surface area contributed by atoms with Crippen LogP contribution in [-0.4, -0.2) is 5.97 Å². The first-order valence-electron chi connectivity index (χ1n) is 3.73. The molecule has 0 unspecified atom stereocenters. The largest absolute Gasteiger partial charge is 0.427 e. The molecule has 3 heteroatoms. The van der Waals surface area contributed by atoms with Gasteiger partial charge in [-0.2, -0.15) is 0 Å². The van der Waals surface area contributed by atoms with Crippen molar-refractivity contribution in [1.29, 1.82) is 0 Å². The molecule has 2 nitrogen and oxygen atoms in total. The first-order chi connectivity index (χ1) is 6.09. The molecule has 0 radical (unpaired) electrons. The van der Waals surface area contributed by atoms with E-state index in [4.69, 9.17) is 4.74 Å². The Bertz CT molecular complexity index is 327. The van der Waals surface area contributed by atoms with Gasteiger partial charge in [0, 0.05) is 12.5 Å². The topological polar surface area (TPSA) is 26.3 Å². The number of carbonyl (C=O) groups is 1. The summed E-state index contributed by atoms with van der Waals surface area (Å²) in [6.07, 6.45) is 0. The van der Waals surface area contributed by atoms with Crippen LogP contribution in [0.25, 0.3) is 5.76 Å². The Morgan fingerprint density at radius 2 is 1.92 bits per heavy atom. The van der Waals surface area contributed by atoms with Crippen molar-refractivity contribution >= 4 is 11.7 Å². The van der Waals surface area contributed by atoms with Gasteiger partial charge in [0.2, 0.25) is 0 Å². The molecule has 1 aromatic carbocycles. The second kappa shape index (κ2) is 3.85. The van der Waals surface area contributed by atoms with E-state index in [0.29, 0.717) is 5.56 Å². The first-order valence-corrected chi connectivity index (χ1v) is 3.73. The van der Waals surface area contributed by atoms with E-state index in [1.165, 1.54) is 31.2 Å². The van der Waals surface area contributed by atoms with Crippen LogP contribution in [0.5, 0.6) is 0 Å². The molecule has 1 rings (SSSR count). The third-order valence-corrected chi connectivity index (χ3v) is 1.43. The smallest absolute Gasteiger partial charge is 0.308 e. The van der Waals surface area contributed by atoms with E-state index in [9.17, 15) is 9.18 Å². The molecule has 0 fully saturated rings. The third-order valence-electron chi connectivity index (χ3n) is 1.43. The van der Waals surface area contributed by atoms with Crippen LogP contribution in [0.3, 0.4) is 0 Å². The van der Waals surface area contributed by atoms with Crippen molar-refractivity contribution in [2.75, 3.05) is 0 Å². The number of rotatable bonds is 2. The van der Waals surface area contributed by atoms with Gasteiger partial charge >= 0.3 is 5.97 Å². The lowest BCUT2D eigenvalue weighted by atomic mass is 10.2. The number of esters is 1.